The van der Waals surface area contributed by atoms with E-state index in [4.69, 9.17) is 0 Å². The molecule has 2 aliphatic heterocycles. The fourth-order valence-electron chi connectivity index (χ4n) is 3.86. The number of hydrogen-bond donors (Lipinski definition) is 0. The lowest BCUT2D eigenvalue weighted by atomic mass is 10.0. The van der Waals surface area contributed by atoms with Crippen molar-refractivity contribution in [2.75, 3.05) is 11.4 Å². The Morgan fingerprint density at radius 1 is 1.12 bits per heavy atom. The van der Waals surface area contributed by atoms with E-state index in [2.05, 4.69) is 29.7 Å². The highest BCUT2D eigenvalue weighted by Crippen LogP contribution is 2.36. The lowest BCUT2D eigenvalue weighted by Crippen LogP contribution is -2.35. The van der Waals surface area contributed by atoms with Crippen molar-refractivity contribution in [3.8, 4) is 0 Å². The highest BCUT2D eigenvalue weighted by Gasteiger charge is 2.32. The maximum absolute atomic E-state index is 12.0. The fraction of sp³-hybridized carbons (Fsp3) is 0.562. The third kappa shape index (κ3) is 2.45. The van der Waals surface area contributed by atoms with Crippen LogP contribution in [0, 0.1) is 0 Å². The van der Waals surface area contributed by atoms with Crippen molar-refractivity contribution in [1.82, 2.24) is 29.4 Å². The van der Waals surface area contributed by atoms with Gasteiger partial charge in [0.05, 0.1) is 6.04 Å². The molecule has 0 N–H and O–H groups in total. The number of hydrogen-bond acceptors (Lipinski definition) is 7. The zero-order valence-corrected chi connectivity index (χ0v) is 14.7. The molecule has 5 heterocycles. The van der Waals surface area contributed by atoms with Gasteiger partial charge in [-0.2, -0.15) is 4.52 Å². The number of rotatable bonds is 2. The van der Waals surface area contributed by atoms with E-state index in [0.29, 0.717) is 4.96 Å². The highest BCUT2D eigenvalue weighted by molar-refractivity contribution is 7.20. The first kappa shape index (κ1) is 15.0. The first-order valence-corrected chi connectivity index (χ1v) is 9.66. The summed E-state index contributed by atoms with van der Waals surface area (Å²) in [5, 5.41) is 14.3. The van der Waals surface area contributed by atoms with Gasteiger partial charge in [0.15, 0.2) is 5.82 Å². The molecule has 8 nitrogen and oxygen atoms in total. The van der Waals surface area contributed by atoms with Gasteiger partial charge in [-0.15, -0.1) is 15.3 Å². The Kier molecular flexibility index (Phi) is 3.54. The molecule has 25 heavy (non-hydrogen) atoms. The van der Waals surface area contributed by atoms with Crippen LogP contribution >= 0.6 is 11.3 Å². The van der Waals surface area contributed by atoms with Gasteiger partial charge in [0.2, 0.25) is 10.1 Å². The van der Waals surface area contributed by atoms with Gasteiger partial charge < -0.3 is 9.47 Å². The SMILES string of the molecule is O=c1ccnc2sc(N3CCCC[C@H]3c3nnc4n3CCCC4)nn12. The van der Waals surface area contributed by atoms with Crippen LogP contribution in [0.3, 0.4) is 0 Å². The zero-order valence-electron chi connectivity index (χ0n) is 13.8. The monoisotopic (exact) mass is 357 g/mol. The first-order valence-electron chi connectivity index (χ1n) is 8.85. The van der Waals surface area contributed by atoms with Gasteiger partial charge in [-0.1, -0.05) is 11.3 Å². The van der Waals surface area contributed by atoms with Crippen molar-refractivity contribution in [3.05, 3.63) is 34.3 Å². The Morgan fingerprint density at radius 2 is 2.04 bits per heavy atom. The van der Waals surface area contributed by atoms with Crippen molar-refractivity contribution >= 4 is 21.4 Å². The lowest BCUT2D eigenvalue weighted by molar-refractivity contribution is 0.421. The van der Waals surface area contributed by atoms with E-state index >= 15 is 0 Å². The summed E-state index contributed by atoms with van der Waals surface area (Å²) in [6.07, 6.45) is 8.27. The van der Waals surface area contributed by atoms with Crippen LogP contribution in [0.5, 0.6) is 0 Å². The molecule has 130 valence electrons. The standard InChI is InChI=1S/C16H19N7OS/c24-13-7-8-17-15-23(13)20-16(25-15)21-9-3-1-5-11(21)14-19-18-12-6-2-4-10-22(12)14/h7-8,11H,1-6,9-10H2/t11-/m0/s1. The van der Waals surface area contributed by atoms with Crippen LogP contribution in [0.1, 0.15) is 49.8 Å². The Hall–Kier alpha value is -2.29. The van der Waals surface area contributed by atoms with E-state index in [-0.39, 0.29) is 11.6 Å². The molecule has 0 radical (unpaired) electrons. The summed E-state index contributed by atoms with van der Waals surface area (Å²) in [4.78, 5) is 19.2. The third-order valence-electron chi connectivity index (χ3n) is 5.09. The van der Waals surface area contributed by atoms with E-state index in [9.17, 15) is 4.79 Å². The number of aromatic nitrogens is 6. The molecule has 0 unspecified atom stereocenters. The number of aryl methyl sites for hydroxylation is 1. The predicted octanol–water partition coefficient (Wildman–Crippen LogP) is 1.81. The van der Waals surface area contributed by atoms with Gasteiger partial charge in [0.1, 0.15) is 5.82 Å². The summed E-state index contributed by atoms with van der Waals surface area (Å²) in [5.41, 5.74) is -0.138. The van der Waals surface area contributed by atoms with Crippen molar-refractivity contribution in [2.45, 2.75) is 51.1 Å². The van der Waals surface area contributed by atoms with Crippen LogP contribution in [0.4, 0.5) is 5.13 Å². The summed E-state index contributed by atoms with van der Waals surface area (Å²) >= 11 is 1.47. The normalized spacial score (nSPS) is 20.8. The van der Waals surface area contributed by atoms with E-state index < -0.39 is 0 Å². The molecule has 0 saturated carbocycles. The lowest BCUT2D eigenvalue weighted by Gasteiger charge is -2.35. The van der Waals surface area contributed by atoms with E-state index in [1.807, 2.05) is 0 Å². The molecule has 0 bridgehead atoms. The topological polar surface area (TPSA) is 81.2 Å². The van der Waals surface area contributed by atoms with Crippen LogP contribution in [0.15, 0.2) is 17.1 Å². The van der Waals surface area contributed by atoms with E-state index in [1.165, 1.54) is 41.2 Å². The Morgan fingerprint density at radius 3 is 2.96 bits per heavy atom. The summed E-state index contributed by atoms with van der Waals surface area (Å²) in [6, 6.07) is 1.61. The van der Waals surface area contributed by atoms with Crippen LogP contribution in [0.25, 0.3) is 4.96 Å². The van der Waals surface area contributed by atoms with Gasteiger partial charge in [-0.05, 0) is 32.1 Å². The molecule has 1 saturated heterocycles. The number of anilines is 1. The molecule has 1 fully saturated rings. The Balaban J connectivity index is 1.57. The minimum absolute atomic E-state index is 0.138. The Bertz CT molecular complexity index is 974. The van der Waals surface area contributed by atoms with Crippen molar-refractivity contribution in [1.29, 1.82) is 0 Å². The maximum Gasteiger partial charge on any atom is 0.275 e. The summed E-state index contributed by atoms with van der Waals surface area (Å²) in [5.74, 6) is 2.16. The average Bonchev–Trinajstić information content (AvgIpc) is 3.27. The number of piperidine rings is 1. The molecule has 3 aromatic heterocycles. The second kappa shape index (κ2) is 5.91. The maximum atomic E-state index is 12.0. The van der Waals surface area contributed by atoms with Crippen LogP contribution < -0.4 is 10.5 Å². The molecule has 3 aromatic rings. The van der Waals surface area contributed by atoms with Gasteiger partial charge in [0.25, 0.3) is 5.56 Å². The molecular formula is C16H19N7OS. The quantitative estimate of drug-likeness (QED) is 0.696. The molecule has 1 atom stereocenters. The van der Waals surface area contributed by atoms with Gasteiger partial charge in [0, 0.05) is 31.8 Å². The molecule has 0 aromatic carbocycles. The van der Waals surface area contributed by atoms with Crippen molar-refractivity contribution in [2.24, 2.45) is 0 Å². The van der Waals surface area contributed by atoms with Gasteiger partial charge in [-0.25, -0.2) is 4.98 Å². The second-order valence-corrected chi connectivity index (χ2v) is 7.58. The van der Waals surface area contributed by atoms with Crippen LogP contribution in [-0.2, 0) is 13.0 Å². The number of nitrogens with zero attached hydrogens (tertiary/aromatic N) is 7. The minimum Gasteiger partial charge on any atom is -0.336 e. The van der Waals surface area contributed by atoms with Crippen LogP contribution in [-0.4, -0.2) is 35.9 Å². The molecule has 0 spiro atoms. The summed E-state index contributed by atoms with van der Waals surface area (Å²) in [7, 11) is 0. The zero-order chi connectivity index (χ0) is 16.8. The first-order chi connectivity index (χ1) is 12.3. The third-order valence-corrected chi connectivity index (χ3v) is 6.05. The van der Waals surface area contributed by atoms with Crippen molar-refractivity contribution < 1.29 is 0 Å². The van der Waals surface area contributed by atoms with Gasteiger partial charge >= 0.3 is 0 Å². The minimum atomic E-state index is -0.138. The van der Waals surface area contributed by atoms with Crippen molar-refractivity contribution in [3.63, 3.8) is 0 Å². The smallest absolute Gasteiger partial charge is 0.275 e. The average molecular weight is 357 g/mol. The number of fused-ring (bicyclic) bond motifs is 2. The van der Waals surface area contributed by atoms with Crippen LogP contribution in [0.2, 0.25) is 0 Å². The fourth-order valence-corrected chi connectivity index (χ4v) is 4.81. The summed E-state index contributed by atoms with van der Waals surface area (Å²) in [6.45, 7) is 1.92. The molecule has 0 amide bonds. The molecule has 0 aliphatic carbocycles. The molecule has 5 rings (SSSR count). The largest absolute Gasteiger partial charge is 0.336 e. The van der Waals surface area contributed by atoms with E-state index in [0.717, 1.165) is 49.1 Å². The second-order valence-electron chi connectivity index (χ2n) is 6.65. The van der Waals surface area contributed by atoms with Gasteiger partial charge in [-0.3, -0.25) is 4.79 Å². The molecular weight excluding hydrogens is 338 g/mol. The summed E-state index contributed by atoms with van der Waals surface area (Å²) < 4.78 is 3.69. The molecule has 9 heteroatoms. The molecule has 2 aliphatic rings. The highest BCUT2D eigenvalue weighted by atomic mass is 32.1. The predicted molar refractivity (Wildman–Crippen MR) is 94.0 cm³/mol. The van der Waals surface area contributed by atoms with E-state index in [1.54, 1.807) is 6.20 Å². The Labute approximate surface area is 148 Å².